The summed E-state index contributed by atoms with van der Waals surface area (Å²) < 4.78 is 0. The average Bonchev–Trinajstić information content (AvgIpc) is 2.99. The molecule has 0 radical (unpaired) electrons. The Bertz CT molecular complexity index is 1530. The number of pyridine rings is 3. The van der Waals surface area contributed by atoms with Crippen molar-refractivity contribution in [2.45, 2.75) is 6.42 Å². The highest BCUT2D eigenvalue weighted by molar-refractivity contribution is 7.42. The molecule has 0 aromatic carbocycles. The number of hydrogen-bond donors (Lipinski definition) is 0. The lowest BCUT2D eigenvalue weighted by Crippen LogP contribution is -2.09. The first-order chi connectivity index (χ1) is 18.3. The molecule has 10 heteroatoms. The highest BCUT2D eigenvalue weighted by Crippen LogP contribution is 2.27. The molecule has 6 heterocycles. The first-order valence-corrected chi connectivity index (χ1v) is 12.9. The monoisotopic (exact) mass is 501 g/mol. The van der Waals surface area contributed by atoms with E-state index in [0.717, 1.165) is 28.4 Å². The largest absolute Gasteiger partial charge is 0.264 e. The first-order valence-electron chi connectivity index (χ1n) is 11.6. The summed E-state index contributed by atoms with van der Waals surface area (Å²) >= 11 is 0. The van der Waals surface area contributed by atoms with Crippen molar-refractivity contribution < 1.29 is 0 Å². The molecule has 0 amide bonds. The Hall–Kier alpha value is -4.62. The molecule has 1 unspecified atom stereocenters. The van der Waals surface area contributed by atoms with E-state index in [1.165, 1.54) is 0 Å². The van der Waals surface area contributed by atoms with Crippen LogP contribution in [0, 0.1) is 0 Å². The topological polar surface area (TPSA) is 116 Å². The van der Waals surface area contributed by atoms with E-state index >= 15 is 0 Å². The maximum Gasteiger partial charge on any atom is 0.165 e. The molecule has 9 nitrogen and oxygen atoms in total. The number of hydrogen-bond acceptors (Lipinski definition) is 9. The molecule has 178 valence electrons. The lowest BCUT2D eigenvalue weighted by Gasteiger charge is -2.11. The van der Waals surface area contributed by atoms with Gasteiger partial charge in [0.1, 0.15) is 11.6 Å². The van der Waals surface area contributed by atoms with Gasteiger partial charge in [0.05, 0.1) is 6.42 Å². The van der Waals surface area contributed by atoms with Gasteiger partial charge in [-0.25, -0.2) is 29.9 Å². The second kappa shape index (κ2) is 10.6. The second-order valence-electron chi connectivity index (χ2n) is 8.11. The van der Waals surface area contributed by atoms with Crippen LogP contribution in [0.5, 0.6) is 0 Å². The summed E-state index contributed by atoms with van der Waals surface area (Å²) in [6.45, 7) is 0. The van der Waals surface area contributed by atoms with Crippen LogP contribution >= 0.6 is 8.58 Å². The summed E-state index contributed by atoms with van der Waals surface area (Å²) in [5.41, 5.74) is 3.39. The second-order valence-corrected chi connectivity index (χ2v) is 9.22. The van der Waals surface area contributed by atoms with Crippen molar-refractivity contribution in [3.8, 4) is 34.2 Å². The third kappa shape index (κ3) is 5.32. The predicted molar refractivity (Wildman–Crippen MR) is 142 cm³/mol. The van der Waals surface area contributed by atoms with Gasteiger partial charge in [0.2, 0.25) is 0 Å². The van der Waals surface area contributed by atoms with E-state index in [9.17, 15) is 0 Å². The van der Waals surface area contributed by atoms with Crippen molar-refractivity contribution in [2.24, 2.45) is 0 Å². The van der Waals surface area contributed by atoms with Crippen LogP contribution in [0.1, 0.15) is 17.5 Å². The van der Waals surface area contributed by atoms with E-state index < -0.39 is 0 Å². The molecule has 0 N–H and O–H groups in total. The Kier molecular flexibility index (Phi) is 6.51. The summed E-state index contributed by atoms with van der Waals surface area (Å²) in [7, 11) is 0.699. The van der Waals surface area contributed by atoms with Crippen LogP contribution in [0.2, 0.25) is 0 Å². The number of aromatic nitrogens is 9. The molecule has 0 bridgehead atoms. The van der Waals surface area contributed by atoms with Crippen LogP contribution in [0.25, 0.3) is 39.7 Å². The molecule has 5 aromatic rings. The number of nitrogens with zero attached hydrogens (tertiary/aromatic N) is 9. The molecule has 6 rings (SSSR count). The Morgan fingerprint density at radius 2 is 1.08 bits per heavy atom. The minimum Gasteiger partial charge on any atom is -0.264 e. The highest BCUT2D eigenvalue weighted by Gasteiger charge is 2.16. The van der Waals surface area contributed by atoms with Gasteiger partial charge in [-0.3, -0.25) is 15.0 Å². The van der Waals surface area contributed by atoms with Crippen molar-refractivity contribution in [3.05, 3.63) is 109 Å². The zero-order chi connectivity index (χ0) is 24.9. The molecule has 37 heavy (non-hydrogen) atoms. The summed E-state index contributed by atoms with van der Waals surface area (Å²) in [5.74, 6) is 5.52. The maximum atomic E-state index is 4.80. The Balaban J connectivity index is 1.45. The van der Waals surface area contributed by atoms with E-state index in [4.69, 9.17) is 29.9 Å². The van der Waals surface area contributed by atoms with Crippen molar-refractivity contribution in [1.29, 1.82) is 0 Å². The zero-order valence-corrected chi connectivity index (χ0v) is 20.6. The molecule has 1 aliphatic heterocycles. The third-order valence-corrected chi connectivity index (χ3v) is 6.47. The normalized spacial score (nSPS) is 13.5. The Labute approximate surface area is 214 Å². The van der Waals surface area contributed by atoms with Gasteiger partial charge in [0.15, 0.2) is 23.3 Å². The summed E-state index contributed by atoms with van der Waals surface area (Å²) in [4.78, 5) is 41.2. The molecular formula is C27H20N9P. The average molecular weight is 501 g/mol. The Morgan fingerprint density at radius 1 is 0.595 bits per heavy atom. The quantitative estimate of drug-likeness (QED) is 0.312. The molecule has 0 fully saturated rings. The maximum absolute atomic E-state index is 4.80. The molecule has 0 saturated carbocycles. The van der Waals surface area contributed by atoms with E-state index in [-0.39, 0.29) is 0 Å². The summed E-state index contributed by atoms with van der Waals surface area (Å²) in [6, 6.07) is 11.4. The molecule has 0 saturated heterocycles. The van der Waals surface area contributed by atoms with Crippen molar-refractivity contribution >= 4 is 14.2 Å². The van der Waals surface area contributed by atoms with Crippen molar-refractivity contribution in [3.63, 3.8) is 0 Å². The van der Waals surface area contributed by atoms with Crippen LogP contribution in [0.4, 0.5) is 0 Å². The van der Waals surface area contributed by atoms with Crippen molar-refractivity contribution in [2.75, 3.05) is 6.16 Å². The lowest BCUT2D eigenvalue weighted by atomic mass is 10.2. The molecule has 1 aliphatic rings. The smallest absolute Gasteiger partial charge is 0.165 e. The first kappa shape index (κ1) is 22.8. The van der Waals surface area contributed by atoms with Gasteiger partial charge in [-0.1, -0.05) is 26.5 Å². The van der Waals surface area contributed by atoms with Gasteiger partial charge in [-0.2, -0.15) is 0 Å². The van der Waals surface area contributed by atoms with Gasteiger partial charge < -0.3 is 0 Å². The van der Waals surface area contributed by atoms with Crippen LogP contribution in [0.15, 0.2) is 91.5 Å². The fraction of sp³-hybridized carbons (Fsp3) is 0.0741. The third-order valence-electron chi connectivity index (χ3n) is 5.49. The van der Waals surface area contributed by atoms with Crippen molar-refractivity contribution in [1.82, 2.24) is 44.9 Å². The fourth-order valence-corrected chi connectivity index (χ4v) is 4.57. The summed E-state index contributed by atoms with van der Waals surface area (Å²) in [5, 5.41) is 0. The van der Waals surface area contributed by atoms with Gasteiger partial charge in [-0.15, -0.1) is 0 Å². The molecular weight excluding hydrogens is 481 g/mol. The fourth-order valence-electron chi connectivity index (χ4n) is 3.75. The summed E-state index contributed by atoms with van der Waals surface area (Å²) in [6.07, 6.45) is 15.9. The highest BCUT2D eigenvalue weighted by atomic mass is 31.1. The SMILES string of the molecule is C1=CC(c2nc(Cc3nc(-c4cccnc4)nc(-c4cccnc4)n3)nc(-c3cccnc3)n2)=CPC1. The lowest BCUT2D eigenvalue weighted by molar-refractivity contribution is 0.850. The zero-order valence-electron chi connectivity index (χ0n) is 19.6. The van der Waals surface area contributed by atoms with Crippen LogP contribution in [-0.2, 0) is 6.42 Å². The molecule has 1 atom stereocenters. The van der Waals surface area contributed by atoms with Gasteiger partial charge >= 0.3 is 0 Å². The van der Waals surface area contributed by atoms with Gasteiger partial charge in [0, 0.05) is 59.4 Å². The standard InChI is InChI=1S/C27H20N9P/c1-5-18(14-28-9-1)24-31-22(32-25(35-24)19-6-2-10-29-15-19)13-23-33-26(20-7-3-11-30-16-20)36-27(34-23)21-8-4-12-37-17-21/h1-11,14-17,37H,12-13H2. The molecule has 0 spiro atoms. The Morgan fingerprint density at radius 3 is 1.51 bits per heavy atom. The molecule has 5 aromatic heterocycles. The van der Waals surface area contributed by atoms with E-state index in [2.05, 4.69) is 32.9 Å². The van der Waals surface area contributed by atoms with Gasteiger partial charge in [-0.05, 0) is 42.6 Å². The van der Waals surface area contributed by atoms with Crippen LogP contribution in [0.3, 0.4) is 0 Å². The van der Waals surface area contributed by atoms with Crippen LogP contribution < -0.4 is 0 Å². The van der Waals surface area contributed by atoms with Gasteiger partial charge in [0.25, 0.3) is 0 Å². The number of rotatable bonds is 6. The van der Waals surface area contributed by atoms with E-state index in [0.29, 0.717) is 49.9 Å². The predicted octanol–water partition coefficient (Wildman–Crippen LogP) is 4.42. The minimum absolute atomic E-state index is 0.297. The minimum atomic E-state index is 0.297. The van der Waals surface area contributed by atoms with E-state index in [1.54, 1.807) is 37.2 Å². The van der Waals surface area contributed by atoms with E-state index in [1.807, 2.05) is 36.4 Å². The number of allylic oxidation sites excluding steroid dienone is 3. The molecule has 0 aliphatic carbocycles. The van der Waals surface area contributed by atoms with Crippen LogP contribution in [-0.4, -0.2) is 51.0 Å².